The Kier molecular flexibility index (Phi) is 5.56. The highest BCUT2D eigenvalue weighted by Gasteiger charge is 2.18. The van der Waals surface area contributed by atoms with Crippen LogP contribution in [0.1, 0.15) is 0 Å². The zero-order valence-electron chi connectivity index (χ0n) is 19.0. The van der Waals surface area contributed by atoms with Gasteiger partial charge >= 0.3 is 0 Å². The summed E-state index contributed by atoms with van der Waals surface area (Å²) in [4.78, 5) is 18.6. The molecule has 0 saturated carbocycles. The number of hydrogen-bond donors (Lipinski definition) is 0. The van der Waals surface area contributed by atoms with Gasteiger partial charge in [0.1, 0.15) is 22.7 Å². The number of aromatic nitrogens is 4. The first-order valence-corrected chi connectivity index (χ1v) is 11.7. The Labute approximate surface area is 211 Å². The minimum atomic E-state index is -0.218. The van der Waals surface area contributed by atoms with Crippen molar-refractivity contribution < 1.29 is 4.74 Å². The fourth-order valence-corrected chi connectivity index (χ4v) is 4.12. The Morgan fingerprint density at radius 2 is 1.33 bits per heavy atom. The van der Waals surface area contributed by atoms with Gasteiger partial charge < -0.3 is 4.74 Å². The largest absolute Gasteiger partial charge is 0.457 e. The maximum atomic E-state index is 13.8. The summed E-state index contributed by atoms with van der Waals surface area (Å²) in [6.07, 6.45) is 1.72. The predicted molar refractivity (Wildman–Crippen MR) is 141 cm³/mol. The van der Waals surface area contributed by atoms with Gasteiger partial charge in [-0.15, -0.1) is 5.10 Å². The molecule has 6 nitrogen and oxygen atoms in total. The minimum Gasteiger partial charge on any atom is -0.457 e. The lowest BCUT2D eigenvalue weighted by molar-refractivity contribution is 0.483. The lowest BCUT2D eigenvalue weighted by Gasteiger charge is -2.13. The molecule has 0 unspecified atom stereocenters. The molecule has 6 rings (SSSR count). The SMILES string of the molecule is O=c1c2cn(-c3ccccc3)nc2nc(-c2ccc(Oc3ccccc3)cc2)n1-c1ccc(Cl)cc1. The Morgan fingerprint density at radius 1 is 0.694 bits per heavy atom. The number of nitrogens with zero attached hydrogens (tertiary/aromatic N) is 4. The molecular weight excluding hydrogens is 472 g/mol. The van der Waals surface area contributed by atoms with E-state index in [9.17, 15) is 4.79 Å². The maximum absolute atomic E-state index is 13.8. The molecule has 0 aliphatic heterocycles. The molecule has 174 valence electrons. The zero-order chi connectivity index (χ0) is 24.5. The van der Waals surface area contributed by atoms with E-state index >= 15 is 0 Å². The first-order chi connectivity index (χ1) is 17.7. The van der Waals surface area contributed by atoms with Gasteiger partial charge in [0.2, 0.25) is 0 Å². The summed E-state index contributed by atoms with van der Waals surface area (Å²) in [5, 5.41) is 5.60. The molecule has 0 fully saturated rings. The number of hydrogen-bond acceptors (Lipinski definition) is 4. The van der Waals surface area contributed by atoms with E-state index in [1.807, 2.05) is 84.9 Å². The summed E-state index contributed by atoms with van der Waals surface area (Å²) in [7, 11) is 0. The molecule has 0 aliphatic rings. The molecule has 0 N–H and O–H groups in total. The summed E-state index contributed by atoms with van der Waals surface area (Å²) in [5.74, 6) is 1.90. The van der Waals surface area contributed by atoms with E-state index in [-0.39, 0.29) is 5.56 Å². The molecular formula is C29H19ClN4O2. The van der Waals surface area contributed by atoms with Crippen LogP contribution in [0.25, 0.3) is 33.8 Å². The van der Waals surface area contributed by atoms with Crippen molar-refractivity contribution in [3.05, 3.63) is 131 Å². The molecule has 0 bridgehead atoms. The van der Waals surface area contributed by atoms with Crippen molar-refractivity contribution in [3.63, 3.8) is 0 Å². The highest BCUT2D eigenvalue weighted by molar-refractivity contribution is 6.30. The third-order valence-corrected chi connectivity index (χ3v) is 6.00. The first-order valence-electron chi connectivity index (χ1n) is 11.3. The van der Waals surface area contributed by atoms with Gasteiger partial charge in [-0.2, -0.15) is 0 Å². The van der Waals surface area contributed by atoms with Crippen LogP contribution in [0.2, 0.25) is 5.02 Å². The molecule has 0 amide bonds. The Bertz CT molecular complexity index is 1710. The fraction of sp³-hybridized carbons (Fsp3) is 0. The standard InChI is InChI=1S/C29H19ClN4O2/c30-21-13-15-23(16-14-21)34-28(20-11-17-25(18-12-20)36-24-9-5-2-6-10-24)31-27-26(29(34)35)19-33(32-27)22-7-3-1-4-8-22/h1-19H. The Morgan fingerprint density at radius 3 is 2.03 bits per heavy atom. The maximum Gasteiger partial charge on any atom is 0.269 e. The van der Waals surface area contributed by atoms with E-state index in [0.29, 0.717) is 33.3 Å². The van der Waals surface area contributed by atoms with Crippen LogP contribution in [0.3, 0.4) is 0 Å². The van der Waals surface area contributed by atoms with Crippen LogP contribution >= 0.6 is 11.6 Å². The number of para-hydroxylation sites is 2. The summed E-state index contributed by atoms with van der Waals surface area (Å²) >= 11 is 6.12. The second-order valence-corrected chi connectivity index (χ2v) is 8.57. The summed E-state index contributed by atoms with van der Waals surface area (Å²) < 4.78 is 9.18. The van der Waals surface area contributed by atoms with Crippen molar-refractivity contribution in [3.8, 4) is 34.3 Å². The van der Waals surface area contributed by atoms with Gasteiger partial charge in [-0.1, -0.05) is 48.0 Å². The molecule has 0 atom stereocenters. The summed E-state index contributed by atoms with van der Waals surface area (Å²) in [6.45, 7) is 0. The lowest BCUT2D eigenvalue weighted by atomic mass is 10.2. The van der Waals surface area contributed by atoms with Crippen LogP contribution in [-0.4, -0.2) is 19.3 Å². The molecule has 7 heteroatoms. The highest BCUT2D eigenvalue weighted by Crippen LogP contribution is 2.27. The average Bonchev–Trinajstić information content (AvgIpc) is 3.36. The molecule has 0 aliphatic carbocycles. The average molecular weight is 491 g/mol. The highest BCUT2D eigenvalue weighted by atomic mass is 35.5. The summed E-state index contributed by atoms with van der Waals surface area (Å²) in [5.41, 5.74) is 2.40. The molecule has 2 heterocycles. The van der Waals surface area contributed by atoms with Crippen LogP contribution in [0, 0.1) is 0 Å². The predicted octanol–water partition coefficient (Wildman–Crippen LogP) is 6.68. The number of fused-ring (bicyclic) bond motifs is 1. The van der Waals surface area contributed by atoms with E-state index in [1.165, 1.54) is 0 Å². The number of ether oxygens (including phenoxy) is 1. The van der Waals surface area contributed by atoms with Crippen molar-refractivity contribution in [1.29, 1.82) is 0 Å². The van der Waals surface area contributed by atoms with Crippen LogP contribution in [0.4, 0.5) is 0 Å². The van der Waals surface area contributed by atoms with Gasteiger partial charge in [-0.3, -0.25) is 9.36 Å². The molecule has 6 aromatic rings. The topological polar surface area (TPSA) is 61.9 Å². The van der Waals surface area contributed by atoms with Gasteiger partial charge in [0.25, 0.3) is 5.56 Å². The zero-order valence-corrected chi connectivity index (χ0v) is 19.7. The van der Waals surface area contributed by atoms with Gasteiger partial charge in [0.05, 0.1) is 11.4 Å². The van der Waals surface area contributed by atoms with E-state index in [1.54, 1.807) is 39.7 Å². The van der Waals surface area contributed by atoms with E-state index in [0.717, 1.165) is 17.0 Å². The number of rotatable bonds is 5. The van der Waals surface area contributed by atoms with Crippen LogP contribution in [-0.2, 0) is 0 Å². The molecule has 4 aromatic carbocycles. The van der Waals surface area contributed by atoms with Crippen LogP contribution < -0.4 is 10.3 Å². The number of benzene rings is 4. The van der Waals surface area contributed by atoms with E-state index < -0.39 is 0 Å². The quantitative estimate of drug-likeness (QED) is 0.270. The van der Waals surface area contributed by atoms with E-state index in [4.69, 9.17) is 21.3 Å². The smallest absolute Gasteiger partial charge is 0.269 e. The third kappa shape index (κ3) is 4.15. The Balaban J connectivity index is 1.50. The minimum absolute atomic E-state index is 0.218. The van der Waals surface area contributed by atoms with Gasteiger partial charge in [-0.05, 0) is 72.8 Å². The van der Waals surface area contributed by atoms with Crippen LogP contribution in [0.5, 0.6) is 11.5 Å². The normalized spacial score (nSPS) is 11.0. The van der Waals surface area contributed by atoms with Gasteiger partial charge in [0.15, 0.2) is 5.65 Å². The molecule has 0 saturated heterocycles. The number of halogens is 1. The third-order valence-electron chi connectivity index (χ3n) is 5.75. The first kappa shape index (κ1) is 21.8. The van der Waals surface area contributed by atoms with Crippen LogP contribution in [0.15, 0.2) is 120 Å². The monoisotopic (exact) mass is 490 g/mol. The van der Waals surface area contributed by atoms with Crippen molar-refractivity contribution >= 4 is 22.6 Å². The van der Waals surface area contributed by atoms with E-state index in [2.05, 4.69) is 5.10 Å². The van der Waals surface area contributed by atoms with Gasteiger partial charge in [0, 0.05) is 16.8 Å². The fourth-order valence-electron chi connectivity index (χ4n) is 4.00. The Hall–Kier alpha value is -4.68. The molecule has 2 aromatic heterocycles. The van der Waals surface area contributed by atoms with Crippen molar-refractivity contribution in [2.45, 2.75) is 0 Å². The second-order valence-electron chi connectivity index (χ2n) is 8.14. The second kappa shape index (κ2) is 9.17. The summed E-state index contributed by atoms with van der Waals surface area (Å²) in [6, 6.07) is 33.8. The molecule has 0 radical (unpaired) electrons. The lowest BCUT2D eigenvalue weighted by Crippen LogP contribution is -2.21. The van der Waals surface area contributed by atoms with Crippen molar-refractivity contribution in [2.24, 2.45) is 0 Å². The molecule has 0 spiro atoms. The molecule has 36 heavy (non-hydrogen) atoms. The van der Waals surface area contributed by atoms with Crippen molar-refractivity contribution in [2.75, 3.05) is 0 Å². The van der Waals surface area contributed by atoms with Gasteiger partial charge in [-0.25, -0.2) is 9.67 Å². The van der Waals surface area contributed by atoms with Crippen molar-refractivity contribution in [1.82, 2.24) is 19.3 Å².